The van der Waals surface area contributed by atoms with Gasteiger partial charge < -0.3 is 28.4 Å². The Kier molecular flexibility index (Phi) is 5.31. The minimum atomic E-state index is -0.722. The first kappa shape index (κ1) is 19.0. The van der Waals surface area contributed by atoms with Crippen molar-refractivity contribution in [2.24, 2.45) is 0 Å². The second-order valence-corrected chi connectivity index (χ2v) is 8.27. The average molecular weight is 374 g/mol. The van der Waals surface area contributed by atoms with E-state index in [1.807, 2.05) is 27.7 Å². The Balaban J connectivity index is 1.38. The molecule has 0 N–H and O–H groups in total. The topological polar surface area (TPSA) is 73.8 Å². The van der Waals surface area contributed by atoms with Gasteiger partial charge in [-0.2, -0.15) is 0 Å². The molecule has 0 saturated carbocycles. The third-order valence-corrected chi connectivity index (χ3v) is 5.13. The molecule has 0 radical (unpaired) electrons. The summed E-state index contributed by atoms with van der Waals surface area (Å²) in [4.78, 5) is 11.3. The molecule has 0 aromatic heterocycles. The molecular weight excluding hydrogens is 344 g/mol. The first-order valence-electron chi connectivity index (χ1n) is 9.56. The predicted molar refractivity (Wildman–Crippen MR) is 88.0 cm³/mol. The molecule has 0 spiro atoms. The van der Waals surface area contributed by atoms with Crippen molar-refractivity contribution in [2.75, 3.05) is 19.8 Å². The third kappa shape index (κ3) is 4.07. The Morgan fingerprint density at radius 3 is 2.50 bits per heavy atom. The molecule has 4 aliphatic heterocycles. The zero-order chi connectivity index (χ0) is 18.4. The molecule has 4 rings (SSSR count). The molecule has 8 nitrogen and oxygen atoms in total. The van der Waals surface area contributed by atoms with Gasteiger partial charge in [0.05, 0.1) is 12.7 Å². The van der Waals surface area contributed by atoms with E-state index in [0.717, 1.165) is 25.9 Å². The van der Waals surface area contributed by atoms with Crippen LogP contribution in [0.3, 0.4) is 0 Å². The molecular formula is C18H30O8. The van der Waals surface area contributed by atoms with Crippen molar-refractivity contribution >= 4 is 0 Å². The van der Waals surface area contributed by atoms with Crippen LogP contribution < -0.4 is 0 Å². The van der Waals surface area contributed by atoms with Crippen LogP contribution in [0.25, 0.3) is 0 Å². The molecule has 0 aliphatic carbocycles. The summed E-state index contributed by atoms with van der Waals surface area (Å²) in [5.41, 5.74) is 0. The average Bonchev–Trinajstić information content (AvgIpc) is 3.18. The summed E-state index contributed by atoms with van der Waals surface area (Å²) in [5, 5.41) is 0. The maximum Gasteiger partial charge on any atom is 0.190 e. The second-order valence-electron chi connectivity index (χ2n) is 8.27. The summed E-state index contributed by atoms with van der Waals surface area (Å²) in [6, 6.07) is 0. The molecule has 0 amide bonds. The van der Waals surface area contributed by atoms with Gasteiger partial charge >= 0.3 is 0 Å². The lowest BCUT2D eigenvalue weighted by molar-refractivity contribution is -0.361. The van der Waals surface area contributed by atoms with Crippen molar-refractivity contribution in [3.63, 3.8) is 0 Å². The van der Waals surface area contributed by atoms with Gasteiger partial charge in [0.15, 0.2) is 24.0 Å². The minimum absolute atomic E-state index is 0.0718. The van der Waals surface area contributed by atoms with Crippen molar-refractivity contribution in [3.05, 3.63) is 0 Å². The third-order valence-electron chi connectivity index (χ3n) is 5.13. The number of hydrogen-bond donors (Lipinski definition) is 0. The molecule has 0 aromatic carbocycles. The van der Waals surface area contributed by atoms with Gasteiger partial charge in [0.1, 0.15) is 24.9 Å². The molecule has 26 heavy (non-hydrogen) atoms. The Morgan fingerprint density at radius 2 is 1.81 bits per heavy atom. The van der Waals surface area contributed by atoms with Gasteiger partial charge in [-0.15, -0.1) is 0 Å². The minimum Gasteiger partial charge on any atom is -0.376 e. The van der Waals surface area contributed by atoms with Gasteiger partial charge in [0.2, 0.25) is 0 Å². The normalized spacial score (nSPS) is 44.3. The highest BCUT2D eigenvalue weighted by molar-refractivity contribution is 4.98. The van der Waals surface area contributed by atoms with Crippen LogP contribution in [-0.4, -0.2) is 68.2 Å². The molecule has 4 aliphatic rings. The van der Waals surface area contributed by atoms with E-state index < -0.39 is 30.1 Å². The van der Waals surface area contributed by atoms with Crippen LogP contribution in [0, 0.1) is 0 Å². The van der Waals surface area contributed by atoms with Crippen LogP contribution in [0.5, 0.6) is 0 Å². The van der Waals surface area contributed by atoms with E-state index in [1.165, 1.54) is 0 Å². The Morgan fingerprint density at radius 1 is 0.962 bits per heavy atom. The first-order chi connectivity index (χ1) is 12.3. The zero-order valence-electron chi connectivity index (χ0n) is 16.0. The van der Waals surface area contributed by atoms with Crippen LogP contribution in [0.15, 0.2) is 0 Å². The van der Waals surface area contributed by atoms with Crippen molar-refractivity contribution in [2.45, 2.75) is 95.3 Å². The summed E-state index contributed by atoms with van der Waals surface area (Å²) in [7, 11) is 0. The van der Waals surface area contributed by atoms with Crippen molar-refractivity contribution < 1.29 is 38.2 Å². The Hall–Kier alpha value is -0.320. The molecule has 0 aromatic rings. The fraction of sp³-hybridized carbons (Fsp3) is 1.00. The number of ether oxygens (including phenoxy) is 6. The van der Waals surface area contributed by atoms with Gasteiger partial charge in [0.25, 0.3) is 0 Å². The maximum absolute atomic E-state index is 6.06. The van der Waals surface area contributed by atoms with Crippen molar-refractivity contribution in [1.29, 1.82) is 0 Å². The highest BCUT2D eigenvalue weighted by atomic mass is 17.2. The summed E-state index contributed by atoms with van der Waals surface area (Å²) in [6.07, 6.45) is 1.30. The standard InChI is InChI=1S/C18H30O8/c1-17(2)20-10-12(23-17)13-14(15-16(22-13)25-18(3,4)24-15)26-21-9-11-7-5-6-8-19-11/h11-16H,5-10H2,1-4H3/t11?,12-,13-,14?,15+,16-/m1/s1. The number of fused-ring (bicyclic) bond motifs is 1. The summed E-state index contributed by atoms with van der Waals surface area (Å²) in [6.45, 7) is 9.06. The van der Waals surface area contributed by atoms with Crippen LogP contribution in [0.1, 0.15) is 47.0 Å². The van der Waals surface area contributed by atoms with E-state index >= 15 is 0 Å². The summed E-state index contributed by atoms with van der Waals surface area (Å²) >= 11 is 0. The van der Waals surface area contributed by atoms with Gasteiger partial charge in [-0.3, -0.25) is 0 Å². The van der Waals surface area contributed by atoms with E-state index in [2.05, 4.69) is 0 Å². The molecule has 4 heterocycles. The van der Waals surface area contributed by atoms with E-state index in [-0.39, 0.29) is 18.3 Å². The highest BCUT2D eigenvalue weighted by Crippen LogP contribution is 2.42. The van der Waals surface area contributed by atoms with Crippen molar-refractivity contribution in [3.8, 4) is 0 Å². The predicted octanol–water partition coefficient (Wildman–Crippen LogP) is 1.90. The molecule has 4 saturated heterocycles. The maximum atomic E-state index is 6.06. The zero-order valence-corrected chi connectivity index (χ0v) is 16.0. The smallest absolute Gasteiger partial charge is 0.190 e. The van der Waals surface area contributed by atoms with E-state index in [4.69, 9.17) is 38.2 Å². The molecule has 4 fully saturated rings. The van der Waals surface area contributed by atoms with Crippen LogP contribution in [0.4, 0.5) is 0 Å². The second kappa shape index (κ2) is 7.25. The lowest BCUT2D eigenvalue weighted by atomic mass is 10.1. The van der Waals surface area contributed by atoms with E-state index in [0.29, 0.717) is 13.2 Å². The van der Waals surface area contributed by atoms with Gasteiger partial charge in [-0.1, -0.05) is 0 Å². The molecule has 6 atom stereocenters. The number of rotatable bonds is 5. The first-order valence-corrected chi connectivity index (χ1v) is 9.56. The largest absolute Gasteiger partial charge is 0.376 e. The molecule has 8 heteroatoms. The summed E-state index contributed by atoms with van der Waals surface area (Å²) in [5.74, 6) is -1.37. The monoisotopic (exact) mass is 374 g/mol. The Labute approximate surface area is 154 Å². The molecule has 2 unspecified atom stereocenters. The van der Waals surface area contributed by atoms with E-state index in [9.17, 15) is 0 Å². The quantitative estimate of drug-likeness (QED) is 0.534. The fourth-order valence-corrected chi connectivity index (χ4v) is 3.92. The summed E-state index contributed by atoms with van der Waals surface area (Å²) < 4.78 is 35.2. The van der Waals surface area contributed by atoms with E-state index in [1.54, 1.807) is 0 Å². The fourth-order valence-electron chi connectivity index (χ4n) is 3.92. The van der Waals surface area contributed by atoms with Crippen LogP contribution in [0.2, 0.25) is 0 Å². The van der Waals surface area contributed by atoms with Crippen LogP contribution in [-0.2, 0) is 38.2 Å². The lowest BCUT2D eigenvalue weighted by Crippen LogP contribution is -2.44. The lowest BCUT2D eigenvalue weighted by Gasteiger charge is -2.29. The van der Waals surface area contributed by atoms with Crippen molar-refractivity contribution in [1.82, 2.24) is 0 Å². The molecule has 0 bridgehead atoms. The highest BCUT2D eigenvalue weighted by Gasteiger charge is 2.59. The van der Waals surface area contributed by atoms with Gasteiger partial charge in [-0.05, 0) is 47.0 Å². The SMILES string of the molecule is CC1(C)OC[C@H]([C@H]2O[C@@H]3OC(C)(C)O[C@H]3C2OOCC2CCCCO2)O1. The molecule has 150 valence electrons. The Bertz CT molecular complexity index is 490. The number of hydrogen-bond acceptors (Lipinski definition) is 8. The van der Waals surface area contributed by atoms with Crippen LogP contribution >= 0.6 is 0 Å². The van der Waals surface area contributed by atoms with Gasteiger partial charge in [0, 0.05) is 6.61 Å². The van der Waals surface area contributed by atoms with Gasteiger partial charge in [-0.25, -0.2) is 9.78 Å².